The fraction of sp³-hybridized carbons (Fsp3) is 0.700. The van der Waals surface area contributed by atoms with Crippen molar-refractivity contribution in [2.75, 3.05) is 0 Å². The van der Waals surface area contributed by atoms with Gasteiger partial charge in [0.2, 0.25) is 0 Å². The number of thiazole rings is 1. The lowest BCUT2D eigenvalue weighted by molar-refractivity contribution is 0.111. The summed E-state index contributed by atoms with van der Waals surface area (Å²) in [5, 5.41) is 15.0. The van der Waals surface area contributed by atoms with Crippen LogP contribution in [0.15, 0.2) is 10.9 Å². The number of aliphatic hydroxyl groups excluding tert-OH is 1. The third-order valence-corrected chi connectivity index (χ3v) is 3.34. The molecule has 4 heteroatoms. The van der Waals surface area contributed by atoms with Crippen molar-refractivity contribution in [3.63, 3.8) is 0 Å². The summed E-state index contributed by atoms with van der Waals surface area (Å²) in [4.78, 5) is 4.21. The largest absolute Gasteiger partial charge is 0.393 e. The minimum Gasteiger partial charge on any atom is -0.393 e. The van der Waals surface area contributed by atoms with Crippen LogP contribution in [-0.4, -0.2) is 22.2 Å². The lowest BCUT2D eigenvalue weighted by atomic mass is 9.93. The standard InChI is InChI=1S/C10H16N2OS/c13-10-3-1-2-8(4-10)11-5-9-6-14-7-12-9/h6-8,10-11,13H,1-5H2. The lowest BCUT2D eigenvalue weighted by Crippen LogP contribution is -2.35. The van der Waals surface area contributed by atoms with E-state index < -0.39 is 0 Å². The number of hydrogen-bond acceptors (Lipinski definition) is 4. The van der Waals surface area contributed by atoms with Crippen molar-refractivity contribution < 1.29 is 5.11 Å². The van der Waals surface area contributed by atoms with E-state index in [1.54, 1.807) is 11.3 Å². The molecule has 2 rings (SSSR count). The van der Waals surface area contributed by atoms with Crippen molar-refractivity contribution in [2.24, 2.45) is 0 Å². The second kappa shape index (κ2) is 4.87. The molecule has 0 saturated heterocycles. The summed E-state index contributed by atoms with van der Waals surface area (Å²) >= 11 is 1.63. The normalized spacial score (nSPS) is 27.8. The highest BCUT2D eigenvalue weighted by Crippen LogP contribution is 2.18. The van der Waals surface area contributed by atoms with Crippen molar-refractivity contribution in [2.45, 2.75) is 44.4 Å². The summed E-state index contributed by atoms with van der Waals surface area (Å²) < 4.78 is 0. The highest BCUT2D eigenvalue weighted by Gasteiger charge is 2.19. The lowest BCUT2D eigenvalue weighted by Gasteiger charge is -2.26. The molecule has 1 saturated carbocycles. The molecule has 2 unspecified atom stereocenters. The van der Waals surface area contributed by atoms with E-state index in [-0.39, 0.29) is 6.10 Å². The van der Waals surface area contributed by atoms with E-state index in [1.165, 1.54) is 6.42 Å². The molecular weight excluding hydrogens is 196 g/mol. The first-order valence-corrected chi connectivity index (χ1v) is 6.07. The van der Waals surface area contributed by atoms with Crippen LogP contribution in [0.3, 0.4) is 0 Å². The van der Waals surface area contributed by atoms with Gasteiger partial charge in [0.25, 0.3) is 0 Å². The molecule has 78 valence electrons. The van der Waals surface area contributed by atoms with Gasteiger partial charge in [-0.3, -0.25) is 0 Å². The molecule has 1 aromatic heterocycles. The maximum absolute atomic E-state index is 9.48. The van der Waals surface area contributed by atoms with Gasteiger partial charge in [0.05, 0.1) is 17.3 Å². The average molecular weight is 212 g/mol. The van der Waals surface area contributed by atoms with Gasteiger partial charge in [-0.2, -0.15) is 0 Å². The number of hydrogen-bond donors (Lipinski definition) is 2. The zero-order chi connectivity index (χ0) is 9.80. The monoisotopic (exact) mass is 212 g/mol. The van der Waals surface area contributed by atoms with Gasteiger partial charge in [0.15, 0.2) is 0 Å². The fourth-order valence-corrected chi connectivity index (χ4v) is 2.48. The topological polar surface area (TPSA) is 45.1 Å². The van der Waals surface area contributed by atoms with E-state index in [9.17, 15) is 5.11 Å². The predicted molar refractivity (Wildman–Crippen MR) is 57.2 cm³/mol. The number of aromatic nitrogens is 1. The summed E-state index contributed by atoms with van der Waals surface area (Å²) in [6.45, 7) is 0.834. The first-order chi connectivity index (χ1) is 6.84. The van der Waals surface area contributed by atoms with Crippen molar-refractivity contribution in [1.29, 1.82) is 0 Å². The summed E-state index contributed by atoms with van der Waals surface area (Å²) in [5.41, 5.74) is 2.96. The summed E-state index contributed by atoms with van der Waals surface area (Å²) in [6.07, 6.45) is 4.08. The van der Waals surface area contributed by atoms with Crippen LogP contribution in [0.1, 0.15) is 31.4 Å². The Morgan fingerprint density at radius 3 is 3.21 bits per heavy atom. The second-order valence-electron chi connectivity index (χ2n) is 3.88. The van der Waals surface area contributed by atoms with Crippen LogP contribution in [0.2, 0.25) is 0 Å². The Hall–Kier alpha value is -0.450. The van der Waals surface area contributed by atoms with Crippen molar-refractivity contribution in [3.8, 4) is 0 Å². The molecule has 0 spiro atoms. The molecular formula is C10H16N2OS. The highest BCUT2D eigenvalue weighted by atomic mass is 32.1. The summed E-state index contributed by atoms with van der Waals surface area (Å²) in [6, 6.07) is 0.473. The van der Waals surface area contributed by atoms with E-state index >= 15 is 0 Å². The van der Waals surface area contributed by atoms with Crippen LogP contribution >= 0.6 is 11.3 Å². The Morgan fingerprint density at radius 1 is 1.57 bits per heavy atom. The van der Waals surface area contributed by atoms with Crippen LogP contribution in [-0.2, 0) is 6.54 Å². The molecule has 1 heterocycles. The maximum Gasteiger partial charge on any atom is 0.0795 e. The van der Waals surface area contributed by atoms with E-state index in [1.807, 2.05) is 5.51 Å². The number of nitrogens with zero attached hydrogens (tertiary/aromatic N) is 1. The Balaban J connectivity index is 1.75. The summed E-state index contributed by atoms with van der Waals surface area (Å²) in [7, 11) is 0. The van der Waals surface area contributed by atoms with Gasteiger partial charge in [-0.05, 0) is 25.7 Å². The first kappa shape index (κ1) is 10.1. The van der Waals surface area contributed by atoms with Crippen LogP contribution in [0.25, 0.3) is 0 Å². The van der Waals surface area contributed by atoms with Gasteiger partial charge in [-0.1, -0.05) is 0 Å². The van der Waals surface area contributed by atoms with Gasteiger partial charge in [-0.25, -0.2) is 4.98 Å². The molecule has 1 aliphatic carbocycles. The van der Waals surface area contributed by atoms with Crippen LogP contribution in [0.5, 0.6) is 0 Å². The molecule has 0 aromatic carbocycles. The third kappa shape index (κ3) is 2.77. The van der Waals surface area contributed by atoms with Crippen molar-refractivity contribution in [3.05, 3.63) is 16.6 Å². The first-order valence-electron chi connectivity index (χ1n) is 5.13. The zero-order valence-electron chi connectivity index (χ0n) is 8.15. The Morgan fingerprint density at radius 2 is 2.50 bits per heavy atom. The van der Waals surface area contributed by atoms with Crippen LogP contribution in [0, 0.1) is 0 Å². The van der Waals surface area contributed by atoms with Crippen LogP contribution in [0.4, 0.5) is 0 Å². The molecule has 2 N–H and O–H groups in total. The van der Waals surface area contributed by atoms with E-state index in [0.717, 1.165) is 31.5 Å². The molecule has 1 aliphatic rings. The number of rotatable bonds is 3. The van der Waals surface area contributed by atoms with Gasteiger partial charge >= 0.3 is 0 Å². The Labute approximate surface area is 88.2 Å². The minimum absolute atomic E-state index is 0.100. The maximum atomic E-state index is 9.48. The fourth-order valence-electron chi connectivity index (χ4n) is 1.92. The Kier molecular flexibility index (Phi) is 3.50. The molecule has 14 heavy (non-hydrogen) atoms. The zero-order valence-corrected chi connectivity index (χ0v) is 8.96. The molecule has 2 atom stereocenters. The quantitative estimate of drug-likeness (QED) is 0.799. The van der Waals surface area contributed by atoms with Crippen molar-refractivity contribution in [1.82, 2.24) is 10.3 Å². The van der Waals surface area contributed by atoms with Crippen LogP contribution < -0.4 is 5.32 Å². The highest BCUT2D eigenvalue weighted by molar-refractivity contribution is 7.07. The number of nitrogens with one attached hydrogen (secondary N) is 1. The molecule has 0 amide bonds. The average Bonchev–Trinajstić information content (AvgIpc) is 2.67. The molecule has 0 radical (unpaired) electrons. The van der Waals surface area contributed by atoms with E-state index in [4.69, 9.17) is 0 Å². The van der Waals surface area contributed by atoms with Gasteiger partial charge in [-0.15, -0.1) is 11.3 Å². The Bertz CT molecular complexity index is 263. The van der Waals surface area contributed by atoms with Crippen molar-refractivity contribution >= 4 is 11.3 Å². The molecule has 0 aliphatic heterocycles. The van der Waals surface area contributed by atoms with E-state index in [0.29, 0.717) is 6.04 Å². The number of aliphatic hydroxyl groups is 1. The van der Waals surface area contributed by atoms with E-state index in [2.05, 4.69) is 15.7 Å². The third-order valence-electron chi connectivity index (χ3n) is 2.70. The summed E-state index contributed by atoms with van der Waals surface area (Å²) in [5.74, 6) is 0. The smallest absolute Gasteiger partial charge is 0.0795 e. The molecule has 0 bridgehead atoms. The van der Waals surface area contributed by atoms with Gasteiger partial charge in [0.1, 0.15) is 0 Å². The predicted octanol–water partition coefficient (Wildman–Crippen LogP) is 1.54. The molecule has 1 aromatic rings. The SMILES string of the molecule is OC1CCCC(NCc2cscn2)C1. The van der Waals surface area contributed by atoms with Gasteiger partial charge in [0, 0.05) is 18.0 Å². The molecule has 3 nitrogen and oxygen atoms in total. The van der Waals surface area contributed by atoms with Gasteiger partial charge < -0.3 is 10.4 Å². The molecule has 1 fully saturated rings. The second-order valence-corrected chi connectivity index (χ2v) is 4.60. The minimum atomic E-state index is -0.100.